The Hall–Kier alpha value is -1.39. The Morgan fingerprint density at radius 2 is 1.79 bits per heavy atom. The number of rotatable bonds is 6. The lowest BCUT2D eigenvalue weighted by molar-refractivity contribution is -0.120. The fourth-order valence-electron chi connectivity index (χ4n) is 2.14. The predicted octanol–water partition coefficient (Wildman–Crippen LogP) is 1.74. The minimum atomic E-state index is -0.429. The van der Waals surface area contributed by atoms with Crippen molar-refractivity contribution in [1.29, 1.82) is 0 Å². The first-order chi connectivity index (χ1) is 8.91. The zero-order chi connectivity index (χ0) is 14.4. The Labute approximate surface area is 115 Å². The van der Waals surface area contributed by atoms with Gasteiger partial charge in [-0.1, -0.05) is 18.2 Å². The summed E-state index contributed by atoms with van der Waals surface area (Å²) in [6.45, 7) is 6.52. The van der Waals surface area contributed by atoms with E-state index in [1.807, 2.05) is 56.1 Å². The van der Waals surface area contributed by atoms with E-state index >= 15 is 0 Å². The SMILES string of the molecule is CC(O)CN(C)CC(=O)N(c1ccccc1)C(C)C. The Bertz CT molecular complexity index is 390. The van der Waals surface area contributed by atoms with Crippen LogP contribution >= 0.6 is 0 Å². The number of carbonyl (C=O) groups excluding carboxylic acids is 1. The van der Waals surface area contributed by atoms with E-state index in [-0.39, 0.29) is 11.9 Å². The molecule has 106 valence electrons. The van der Waals surface area contributed by atoms with Crippen LogP contribution < -0.4 is 4.90 Å². The molecule has 0 spiro atoms. The maximum atomic E-state index is 12.4. The van der Waals surface area contributed by atoms with Gasteiger partial charge in [-0.2, -0.15) is 0 Å². The number of hydrogen-bond acceptors (Lipinski definition) is 3. The number of likely N-dealkylation sites (N-methyl/N-ethyl adjacent to an activating group) is 1. The standard InChI is InChI=1S/C15H24N2O2/c1-12(2)17(14-8-6-5-7-9-14)15(19)11-16(4)10-13(3)18/h5-9,12-13,18H,10-11H2,1-4H3. The second-order valence-electron chi connectivity index (χ2n) is 5.24. The van der Waals surface area contributed by atoms with Gasteiger partial charge in [0, 0.05) is 18.3 Å². The molecule has 4 nitrogen and oxygen atoms in total. The van der Waals surface area contributed by atoms with Gasteiger partial charge in [0.2, 0.25) is 5.91 Å². The summed E-state index contributed by atoms with van der Waals surface area (Å²) in [6, 6.07) is 9.77. The molecule has 1 unspecified atom stereocenters. The van der Waals surface area contributed by atoms with Crippen molar-refractivity contribution < 1.29 is 9.90 Å². The van der Waals surface area contributed by atoms with Crippen LogP contribution in [0.5, 0.6) is 0 Å². The molecule has 0 radical (unpaired) electrons. The second-order valence-corrected chi connectivity index (χ2v) is 5.24. The van der Waals surface area contributed by atoms with Crippen LogP contribution in [-0.4, -0.2) is 48.2 Å². The fraction of sp³-hybridized carbons (Fsp3) is 0.533. The molecule has 1 amide bonds. The van der Waals surface area contributed by atoms with Gasteiger partial charge >= 0.3 is 0 Å². The second kappa shape index (κ2) is 7.26. The van der Waals surface area contributed by atoms with E-state index in [2.05, 4.69) is 0 Å². The zero-order valence-corrected chi connectivity index (χ0v) is 12.2. The number of hydrogen-bond donors (Lipinski definition) is 1. The molecule has 0 heterocycles. The Morgan fingerprint density at radius 3 is 2.26 bits per heavy atom. The van der Waals surface area contributed by atoms with Crippen LogP contribution in [0.4, 0.5) is 5.69 Å². The molecule has 0 saturated heterocycles. The third-order valence-electron chi connectivity index (χ3n) is 2.80. The highest BCUT2D eigenvalue weighted by atomic mass is 16.3. The van der Waals surface area contributed by atoms with Crippen molar-refractivity contribution >= 4 is 11.6 Å². The van der Waals surface area contributed by atoms with E-state index in [1.54, 1.807) is 11.8 Å². The molecule has 0 aromatic heterocycles. The number of carbonyl (C=O) groups is 1. The number of anilines is 1. The Kier molecular flexibility index (Phi) is 5.99. The van der Waals surface area contributed by atoms with Crippen LogP contribution in [0, 0.1) is 0 Å². The molecular formula is C15H24N2O2. The van der Waals surface area contributed by atoms with Crippen LogP contribution in [0.3, 0.4) is 0 Å². The maximum Gasteiger partial charge on any atom is 0.241 e. The molecule has 1 N–H and O–H groups in total. The third-order valence-corrected chi connectivity index (χ3v) is 2.80. The van der Waals surface area contributed by atoms with E-state index in [4.69, 9.17) is 0 Å². The molecule has 1 aromatic carbocycles. The summed E-state index contributed by atoms with van der Waals surface area (Å²) in [6.07, 6.45) is -0.429. The number of aliphatic hydroxyl groups excluding tert-OH is 1. The Morgan fingerprint density at radius 1 is 1.21 bits per heavy atom. The van der Waals surface area contributed by atoms with Gasteiger partial charge in [0.1, 0.15) is 0 Å². The van der Waals surface area contributed by atoms with Crippen LogP contribution in [0.15, 0.2) is 30.3 Å². The number of benzene rings is 1. The van der Waals surface area contributed by atoms with Crippen molar-refractivity contribution in [2.45, 2.75) is 32.9 Å². The van der Waals surface area contributed by atoms with Gasteiger partial charge in [-0.3, -0.25) is 9.69 Å². The first-order valence-corrected chi connectivity index (χ1v) is 6.65. The number of nitrogens with zero attached hydrogens (tertiary/aromatic N) is 2. The summed E-state index contributed by atoms with van der Waals surface area (Å²) in [5.74, 6) is 0.0457. The maximum absolute atomic E-state index is 12.4. The van der Waals surface area contributed by atoms with Gasteiger partial charge in [0.15, 0.2) is 0 Å². The lowest BCUT2D eigenvalue weighted by Gasteiger charge is -2.29. The van der Waals surface area contributed by atoms with E-state index < -0.39 is 6.10 Å². The summed E-state index contributed by atoms with van der Waals surface area (Å²) < 4.78 is 0. The molecule has 0 aliphatic rings. The summed E-state index contributed by atoms with van der Waals surface area (Å²) in [5, 5.41) is 9.33. The lowest BCUT2D eigenvalue weighted by atomic mass is 10.2. The zero-order valence-electron chi connectivity index (χ0n) is 12.2. The van der Waals surface area contributed by atoms with Crippen LogP contribution in [-0.2, 0) is 4.79 Å². The molecule has 0 saturated carbocycles. The molecule has 19 heavy (non-hydrogen) atoms. The van der Waals surface area contributed by atoms with Crippen molar-refractivity contribution in [3.05, 3.63) is 30.3 Å². The molecule has 0 aliphatic carbocycles. The highest BCUT2D eigenvalue weighted by Gasteiger charge is 2.20. The predicted molar refractivity (Wildman–Crippen MR) is 78.2 cm³/mol. The minimum Gasteiger partial charge on any atom is -0.392 e. The summed E-state index contributed by atoms with van der Waals surface area (Å²) in [4.78, 5) is 16.0. The molecule has 4 heteroatoms. The van der Waals surface area contributed by atoms with Crippen molar-refractivity contribution in [3.63, 3.8) is 0 Å². The number of para-hydroxylation sites is 1. The molecule has 1 aromatic rings. The van der Waals surface area contributed by atoms with Crippen LogP contribution in [0.1, 0.15) is 20.8 Å². The topological polar surface area (TPSA) is 43.8 Å². The largest absolute Gasteiger partial charge is 0.392 e. The van der Waals surface area contributed by atoms with Gasteiger partial charge in [0.05, 0.1) is 12.6 Å². The molecular weight excluding hydrogens is 240 g/mol. The quantitative estimate of drug-likeness (QED) is 0.851. The fourth-order valence-corrected chi connectivity index (χ4v) is 2.14. The van der Waals surface area contributed by atoms with Gasteiger partial charge in [0.25, 0.3) is 0 Å². The molecule has 0 aliphatic heterocycles. The van der Waals surface area contributed by atoms with Gasteiger partial charge in [-0.05, 0) is 40.0 Å². The van der Waals surface area contributed by atoms with Crippen molar-refractivity contribution in [3.8, 4) is 0 Å². The summed E-state index contributed by atoms with van der Waals surface area (Å²) in [7, 11) is 1.84. The van der Waals surface area contributed by atoms with Crippen molar-refractivity contribution in [2.75, 3.05) is 25.0 Å². The average molecular weight is 264 g/mol. The molecule has 1 atom stereocenters. The van der Waals surface area contributed by atoms with E-state index in [0.717, 1.165) is 5.69 Å². The van der Waals surface area contributed by atoms with E-state index in [1.165, 1.54) is 0 Å². The monoisotopic (exact) mass is 264 g/mol. The van der Waals surface area contributed by atoms with E-state index in [0.29, 0.717) is 13.1 Å². The van der Waals surface area contributed by atoms with Crippen molar-refractivity contribution in [2.24, 2.45) is 0 Å². The van der Waals surface area contributed by atoms with Gasteiger partial charge in [-0.15, -0.1) is 0 Å². The first-order valence-electron chi connectivity index (χ1n) is 6.65. The minimum absolute atomic E-state index is 0.0457. The summed E-state index contributed by atoms with van der Waals surface area (Å²) >= 11 is 0. The lowest BCUT2D eigenvalue weighted by Crippen LogP contribution is -2.44. The normalized spacial score (nSPS) is 12.8. The highest BCUT2D eigenvalue weighted by molar-refractivity contribution is 5.95. The van der Waals surface area contributed by atoms with E-state index in [9.17, 15) is 9.90 Å². The molecule has 1 rings (SSSR count). The smallest absolute Gasteiger partial charge is 0.241 e. The average Bonchev–Trinajstić information content (AvgIpc) is 2.28. The number of amides is 1. The first kappa shape index (κ1) is 15.7. The number of aliphatic hydroxyl groups is 1. The van der Waals surface area contributed by atoms with Gasteiger partial charge in [-0.25, -0.2) is 0 Å². The van der Waals surface area contributed by atoms with Crippen LogP contribution in [0.25, 0.3) is 0 Å². The molecule has 0 fully saturated rings. The Balaban J connectivity index is 2.75. The summed E-state index contributed by atoms with van der Waals surface area (Å²) in [5.41, 5.74) is 0.910. The van der Waals surface area contributed by atoms with Crippen molar-refractivity contribution in [1.82, 2.24) is 4.90 Å². The third kappa shape index (κ3) is 5.01. The highest BCUT2D eigenvalue weighted by Crippen LogP contribution is 2.16. The van der Waals surface area contributed by atoms with Gasteiger partial charge < -0.3 is 10.0 Å². The molecule has 0 bridgehead atoms. The van der Waals surface area contributed by atoms with Crippen LogP contribution in [0.2, 0.25) is 0 Å².